The summed E-state index contributed by atoms with van der Waals surface area (Å²) < 4.78 is 0. The molecule has 1 aromatic heterocycles. The van der Waals surface area contributed by atoms with Crippen LogP contribution in [0, 0.1) is 12.3 Å². The van der Waals surface area contributed by atoms with Crippen LogP contribution < -0.4 is 10.6 Å². The molecule has 3 nitrogen and oxygen atoms in total. The molecule has 0 atom stereocenters. The molecule has 0 aliphatic carbocycles. The average molecular weight is 233 g/mol. The van der Waals surface area contributed by atoms with E-state index >= 15 is 0 Å². The molecule has 0 bridgehead atoms. The van der Waals surface area contributed by atoms with Gasteiger partial charge in [-0.25, -0.2) is 4.98 Å². The van der Waals surface area contributed by atoms with Crippen LogP contribution in [0.2, 0.25) is 0 Å². The number of aryl methyl sites for hydroxylation is 1. The van der Waals surface area contributed by atoms with E-state index in [2.05, 4.69) is 35.9 Å². The molecule has 0 aromatic carbocycles. The topological polar surface area (TPSA) is 42.2 Å². The van der Waals surface area contributed by atoms with Gasteiger partial charge >= 0.3 is 0 Å². The van der Waals surface area contributed by atoms with E-state index in [1.165, 1.54) is 12.8 Å². The van der Waals surface area contributed by atoms with Crippen LogP contribution in [0.4, 0.5) is 5.82 Å². The lowest BCUT2D eigenvalue weighted by Gasteiger charge is -2.38. The average Bonchev–Trinajstić information content (AvgIpc) is 2.27. The minimum atomic E-state index is 0.403. The lowest BCUT2D eigenvalue weighted by atomic mass is 9.84. The standard InChI is InChI=1S/C14H23N3/c1-11-12(9-15)5-6-13(16-11)17-8-4-7-14(2,3)10-17/h5-6H,4,7-10,15H2,1-3H3. The molecule has 3 heteroatoms. The summed E-state index contributed by atoms with van der Waals surface area (Å²) in [4.78, 5) is 7.08. The van der Waals surface area contributed by atoms with Crippen LogP contribution in [0.15, 0.2) is 12.1 Å². The van der Waals surface area contributed by atoms with Gasteiger partial charge in [0.25, 0.3) is 0 Å². The quantitative estimate of drug-likeness (QED) is 0.853. The zero-order valence-electron chi connectivity index (χ0n) is 11.2. The number of rotatable bonds is 2. The van der Waals surface area contributed by atoms with Crippen molar-refractivity contribution in [2.24, 2.45) is 11.1 Å². The first kappa shape index (κ1) is 12.4. The molecule has 1 saturated heterocycles. The highest BCUT2D eigenvalue weighted by Crippen LogP contribution is 2.30. The Morgan fingerprint density at radius 3 is 2.76 bits per heavy atom. The molecule has 1 fully saturated rings. The molecular weight excluding hydrogens is 210 g/mol. The Balaban J connectivity index is 2.19. The Kier molecular flexibility index (Phi) is 3.38. The molecule has 2 N–H and O–H groups in total. The van der Waals surface area contributed by atoms with E-state index in [-0.39, 0.29) is 0 Å². The SMILES string of the molecule is Cc1nc(N2CCCC(C)(C)C2)ccc1CN. The highest BCUT2D eigenvalue weighted by molar-refractivity contribution is 5.42. The maximum atomic E-state index is 5.67. The summed E-state index contributed by atoms with van der Waals surface area (Å²) >= 11 is 0. The lowest BCUT2D eigenvalue weighted by molar-refractivity contribution is 0.292. The maximum Gasteiger partial charge on any atom is 0.128 e. The third-order valence-corrected chi connectivity index (χ3v) is 3.62. The van der Waals surface area contributed by atoms with Gasteiger partial charge in [0.15, 0.2) is 0 Å². The molecular formula is C14H23N3. The first-order valence-corrected chi connectivity index (χ1v) is 6.43. The van der Waals surface area contributed by atoms with Crippen LogP contribution in [-0.4, -0.2) is 18.1 Å². The van der Waals surface area contributed by atoms with Gasteiger partial charge in [-0.3, -0.25) is 0 Å². The number of piperidine rings is 1. The Bertz CT molecular complexity index is 398. The van der Waals surface area contributed by atoms with Crippen LogP contribution in [0.5, 0.6) is 0 Å². The predicted octanol–water partition coefficient (Wildman–Crippen LogP) is 2.48. The van der Waals surface area contributed by atoms with Crippen molar-refractivity contribution in [3.8, 4) is 0 Å². The highest BCUT2D eigenvalue weighted by Gasteiger charge is 2.27. The summed E-state index contributed by atoms with van der Waals surface area (Å²) in [5.41, 5.74) is 8.28. The van der Waals surface area contributed by atoms with Gasteiger partial charge in [0.1, 0.15) is 5.82 Å². The molecule has 94 valence electrons. The molecule has 0 saturated carbocycles. The Morgan fingerprint density at radius 2 is 2.18 bits per heavy atom. The van der Waals surface area contributed by atoms with E-state index in [9.17, 15) is 0 Å². The van der Waals surface area contributed by atoms with E-state index < -0.39 is 0 Å². The number of nitrogens with zero attached hydrogens (tertiary/aromatic N) is 2. The normalized spacial score (nSPS) is 19.4. The van der Waals surface area contributed by atoms with Gasteiger partial charge in [0.2, 0.25) is 0 Å². The number of aromatic nitrogens is 1. The molecule has 1 aliphatic heterocycles. The van der Waals surface area contributed by atoms with E-state index in [1.54, 1.807) is 0 Å². The van der Waals surface area contributed by atoms with Gasteiger partial charge in [0, 0.05) is 25.3 Å². The first-order valence-electron chi connectivity index (χ1n) is 6.43. The van der Waals surface area contributed by atoms with Crippen LogP contribution in [0.25, 0.3) is 0 Å². The maximum absolute atomic E-state index is 5.67. The molecule has 0 spiro atoms. The largest absolute Gasteiger partial charge is 0.356 e. The van der Waals surface area contributed by atoms with Gasteiger partial charge in [-0.15, -0.1) is 0 Å². The number of hydrogen-bond donors (Lipinski definition) is 1. The van der Waals surface area contributed by atoms with Crippen LogP contribution in [-0.2, 0) is 6.54 Å². The summed E-state index contributed by atoms with van der Waals surface area (Å²) in [6.07, 6.45) is 2.57. The van der Waals surface area contributed by atoms with E-state index in [1.807, 2.05) is 6.92 Å². The smallest absolute Gasteiger partial charge is 0.128 e. The Hall–Kier alpha value is -1.09. The summed E-state index contributed by atoms with van der Waals surface area (Å²) in [5, 5.41) is 0. The summed E-state index contributed by atoms with van der Waals surface area (Å²) in [7, 11) is 0. The summed E-state index contributed by atoms with van der Waals surface area (Å²) in [6, 6.07) is 4.22. The van der Waals surface area contributed by atoms with Gasteiger partial charge in [-0.05, 0) is 36.8 Å². The van der Waals surface area contributed by atoms with Crippen LogP contribution in [0.1, 0.15) is 37.9 Å². The fourth-order valence-corrected chi connectivity index (χ4v) is 2.59. The summed E-state index contributed by atoms with van der Waals surface area (Å²) in [5.74, 6) is 1.10. The number of hydrogen-bond acceptors (Lipinski definition) is 3. The third kappa shape index (κ3) is 2.78. The molecule has 2 heterocycles. The Morgan fingerprint density at radius 1 is 1.41 bits per heavy atom. The van der Waals surface area contributed by atoms with Gasteiger partial charge in [-0.1, -0.05) is 19.9 Å². The lowest BCUT2D eigenvalue weighted by Crippen LogP contribution is -2.40. The van der Waals surface area contributed by atoms with Gasteiger partial charge in [0.05, 0.1) is 0 Å². The molecule has 17 heavy (non-hydrogen) atoms. The minimum absolute atomic E-state index is 0.403. The minimum Gasteiger partial charge on any atom is -0.356 e. The number of pyridine rings is 1. The number of anilines is 1. The van der Waals surface area contributed by atoms with Crippen molar-refractivity contribution < 1.29 is 0 Å². The van der Waals surface area contributed by atoms with Crippen molar-refractivity contribution in [2.75, 3.05) is 18.0 Å². The Labute approximate surface area is 104 Å². The van der Waals surface area contributed by atoms with Gasteiger partial charge in [-0.2, -0.15) is 0 Å². The van der Waals surface area contributed by atoms with Crippen molar-refractivity contribution >= 4 is 5.82 Å². The van der Waals surface area contributed by atoms with Crippen molar-refractivity contribution in [1.82, 2.24) is 4.98 Å². The molecule has 1 aliphatic rings. The zero-order chi connectivity index (χ0) is 12.5. The molecule has 0 radical (unpaired) electrons. The monoisotopic (exact) mass is 233 g/mol. The van der Waals surface area contributed by atoms with E-state index in [0.29, 0.717) is 12.0 Å². The third-order valence-electron chi connectivity index (χ3n) is 3.62. The second-order valence-corrected chi connectivity index (χ2v) is 5.81. The van der Waals surface area contributed by atoms with Crippen molar-refractivity contribution in [1.29, 1.82) is 0 Å². The zero-order valence-corrected chi connectivity index (χ0v) is 11.2. The van der Waals surface area contributed by atoms with Crippen molar-refractivity contribution in [3.63, 3.8) is 0 Å². The first-order chi connectivity index (χ1) is 8.02. The van der Waals surface area contributed by atoms with Crippen molar-refractivity contribution in [2.45, 2.75) is 40.2 Å². The molecule has 2 rings (SSSR count). The number of nitrogens with two attached hydrogens (primary N) is 1. The summed E-state index contributed by atoms with van der Waals surface area (Å²) in [6.45, 7) is 9.51. The predicted molar refractivity (Wildman–Crippen MR) is 72.1 cm³/mol. The molecule has 0 amide bonds. The fraction of sp³-hybridized carbons (Fsp3) is 0.643. The second-order valence-electron chi connectivity index (χ2n) is 5.81. The second kappa shape index (κ2) is 4.65. The van der Waals surface area contributed by atoms with Crippen LogP contribution >= 0.6 is 0 Å². The van der Waals surface area contributed by atoms with Crippen molar-refractivity contribution in [3.05, 3.63) is 23.4 Å². The fourth-order valence-electron chi connectivity index (χ4n) is 2.59. The van der Waals surface area contributed by atoms with E-state index in [4.69, 9.17) is 5.73 Å². The van der Waals surface area contributed by atoms with Gasteiger partial charge < -0.3 is 10.6 Å². The molecule has 1 aromatic rings. The van der Waals surface area contributed by atoms with Crippen LogP contribution in [0.3, 0.4) is 0 Å². The molecule has 0 unspecified atom stereocenters. The van der Waals surface area contributed by atoms with E-state index in [0.717, 1.165) is 30.2 Å². The highest BCUT2D eigenvalue weighted by atomic mass is 15.2.